The van der Waals surface area contributed by atoms with Gasteiger partial charge in [0.15, 0.2) is 0 Å². The number of unbranched alkanes of at least 4 members (excludes halogenated alkanes) is 2. The average molecular weight is 254 g/mol. The molecule has 4 heteroatoms. The van der Waals surface area contributed by atoms with Crippen LogP contribution in [-0.2, 0) is 9.31 Å². The molecule has 1 fully saturated rings. The summed E-state index contributed by atoms with van der Waals surface area (Å²) in [6.07, 6.45) is 7.09. The second-order valence-corrected chi connectivity index (χ2v) is 11.6. The van der Waals surface area contributed by atoms with Gasteiger partial charge in [0, 0.05) is 21.3 Å². The smallest absolute Gasteiger partial charge is 0.407 e. The van der Waals surface area contributed by atoms with Gasteiger partial charge in [-0.05, 0) is 24.4 Å². The molecule has 0 aromatic heterocycles. The minimum absolute atomic E-state index is 0.0488. The normalized spacial score (nSPS) is 18.6. The van der Waals surface area contributed by atoms with Crippen LogP contribution in [0.2, 0.25) is 25.7 Å². The SMILES string of the molecule is CCCC/C=C(/C[Si](C)(C)C)B1OCCCO1. The molecule has 0 aliphatic carbocycles. The summed E-state index contributed by atoms with van der Waals surface area (Å²) in [7, 11) is -1.14. The predicted molar refractivity (Wildman–Crippen MR) is 78.0 cm³/mol. The van der Waals surface area contributed by atoms with Crippen LogP contribution in [0.15, 0.2) is 11.5 Å². The van der Waals surface area contributed by atoms with Crippen LogP contribution in [-0.4, -0.2) is 28.4 Å². The van der Waals surface area contributed by atoms with E-state index >= 15 is 0 Å². The number of hydrogen-bond donors (Lipinski definition) is 0. The Morgan fingerprint density at radius 3 is 2.41 bits per heavy atom. The van der Waals surface area contributed by atoms with Crippen molar-refractivity contribution in [2.24, 2.45) is 0 Å². The van der Waals surface area contributed by atoms with Gasteiger partial charge in [0.1, 0.15) is 0 Å². The first-order chi connectivity index (χ1) is 8.03. The lowest BCUT2D eigenvalue weighted by atomic mass is 9.77. The number of allylic oxidation sites excluding steroid dienone is 2. The molecule has 2 nitrogen and oxygen atoms in total. The lowest BCUT2D eigenvalue weighted by molar-refractivity contribution is 0.140. The first kappa shape index (κ1) is 15.0. The molecule has 98 valence electrons. The van der Waals surface area contributed by atoms with Gasteiger partial charge < -0.3 is 9.31 Å². The first-order valence-electron chi connectivity index (χ1n) is 6.95. The molecule has 17 heavy (non-hydrogen) atoms. The third-order valence-electron chi connectivity index (χ3n) is 2.83. The molecule has 0 radical (unpaired) electrons. The third kappa shape index (κ3) is 6.44. The molecule has 0 unspecified atom stereocenters. The van der Waals surface area contributed by atoms with E-state index in [1.807, 2.05) is 0 Å². The first-order valence-corrected chi connectivity index (χ1v) is 10.7. The maximum atomic E-state index is 5.75. The standard InChI is InChI=1S/C13H27BO2Si/c1-5-6-7-9-13(12-17(2,3)4)14-15-10-8-11-16-14/h9H,5-8,10-12H2,1-4H3/b13-9-. The summed E-state index contributed by atoms with van der Waals surface area (Å²) in [5, 5.41) is 0. The van der Waals surface area contributed by atoms with Crippen molar-refractivity contribution in [3.8, 4) is 0 Å². The highest BCUT2D eigenvalue weighted by Gasteiger charge is 2.29. The zero-order valence-corrected chi connectivity index (χ0v) is 12.9. The van der Waals surface area contributed by atoms with Crippen molar-refractivity contribution in [1.82, 2.24) is 0 Å². The molecule has 1 aliphatic rings. The van der Waals surface area contributed by atoms with E-state index in [0.717, 1.165) is 19.6 Å². The van der Waals surface area contributed by atoms with Crippen LogP contribution in [0.1, 0.15) is 32.6 Å². The highest BCUT2D eigenvalue weighted by molar-refractivity contribution is 6.78. The fraction of sp³-hybridized carbons (Fsp3) is 0.846. The molecule has 1 saturated heterocycles. The van der Waals surface area contributed by atoms with Crippen LogP contribution in [0, 0.1) is 0 Å². The van der Waals surface area contributed by atoms with Crippen molar-refractivity contribution >= 4 is 15.2 Å². The Hall–Kier alpha value is -0.0582. The molecule has 0 aromatic carbocycles. The van der Waals surface area contributed by atoms with E-state index in [1.54, 1.807) is 0 Å². The van der Waals surface area contributed by atoms with Gasteiger partial charge in [-0.1, -0.05) is 45.5 Å². The zero-order valence-electron chi connectivity index (χ0n) is 11.9. The van der Waals surface area contributed by atoms with Gasteiger partial charge in [-0.25, -0.2) is 0 Å². The average Bonchev–Trinajstić information content (AvgIpc) is 2.28. The van der Waals surface area contributed by atoms with E-state index < -0.39 is 8.07 Å². The highest BCUT2D eigenvalue weighted by Crippen LogP contribution is 2.22. The molecule has 0 bridgehead atoms. The molecule has 0 spiro atoms. The van der Waals surface area contributed by atoms with Crippen LogP contribution in [0.3, 0.4) is 0 Å². The van der Waals surface area contributed by atoms with Gasteiger partial charge in [0.25, 0.3) is 0 Å². The minimum Gasteiger partial charge on any atom is -0.407 e. The molecule has 1 heterocycles. The van der Waals surface area contributed by atoms with Crippen LogP contribution in [0.25, 0.3) is 0 Å². The van der Waals surface area contributed by atoms with Crippen LogP contribution < -0.4 is 0 Å². The fourth-order valence-corrected chi connectivity index (χ4v) is 3.59. The van der Waals surface area contributed by atoms with E-state index in [9.17, 15) is 0 Å². The minimum atomic E-state index is -1.09. The Balaban J connectivity index is 2.59. The summed E-state index contributed by atoms with van der Waals surface area (Å²) in [6, 6.07) is 1.20. The van der Waals surface area contributed by atoms with Gasteiger partial charge in [0.2, 0.25) is 0 Å². The van der Waals surface area contributed by atoms with Crippen molar-refractivity contribution in [3.05, 3.63) is 11.5 Å². The number of hydrogen-bond acceptors (Lipinski definition) is 2. The quantitative estimate of drug-likeness (QED) is 0.528. The molecule has 1 rings (SSSR count). The zero-order chi connectivity index (χ0) is 12.7. The van der Waals surface area contributed by atoms with Gasteiger partial charge in [-0.3, -0.25) is 0 Å². The summed E-state index contributed by atoms with van der Waals surface area (Å²) in [5.41, 5.74) is 1.40. The van der Waals surface area contributed by atoms with Crippen molar-refractivity contribution in [2.45, 2.75) is 58.3 Å². The van der Waals surface area contributed by atoms with Crippen molar-refractivity contribution in [3.63, 3.8) is 0 Å². The van der Waals surface area contributed by atoms with Crippen molar-refractivity contribution in [2.75, 3.05) is 13.2 Å². The van der Waals surface area contributed by atoms with Crippen molar-refractivity contribution < 1.29 is 9.31 Å². The molecule has 1 aliphatic heterocycles. The summed E-state index contributed by atoms with van der Waals surface area (Å²) in [4.78, 5) is 0. The Bertz CT molecular complexity index is 242. The topological polar surface area (TPSA) is 18.5 Å². The summed E-state index contributed by atoms with van der Waals surface area (Å²) in [5.74, 6) is 0. The van der Waals surface area contributed by atoms with E-state index in [-0.39, 0.29) is 7.12 Å². The van der Waals surface area contributed by atoms with E-state index in [2.05, 4.69) is 32.6 Å². The summed E-state index contributed by atoms with van der Waals surface area (Å²) < 4.78 is 11.5. The van der Waals surface area contributed by atoms with E-state index in [4.69, 9.17) is 9.31 Å². The molecular formula is C13H27BO2Si. The van der Waals surface area contributed by atoms with Crippen LogP contribution >= 0.6 is 0 Å². The Morgan fingerprint density at radius 1 is 1.24 bits per heavy atom. The number of rotatable bonds is 6. The molecule has 0 atom stereocenters. The molecular weight excluding hydrogens is 227 g/mol. The molecule has 0 aromatic rings. The highest BCUT2D eigenvalue weighted by atomic mass is 28.3. The largest absolute Gasteiger partial charge is 0.488 e. The van der Waals surface area contributed by atoms with Gasteiger partial charge in [-0.2, -0.15) is 0 Å². The summed E-state index contributed by atoms with van der Waals surface area (Å²) >= 11 is 0. The lowest BCUT2D eigenvalue weighted by Gasteiger charge is -2.26. The Morgan fingerprint density at radius 2 is 1.88 bits per heavy atom. The second-order valence-electron chi connectivity index (χ2n) is 6.09. The van der Waals surface area contributed by atoms with Crippen LogP contribution in [0.5, 0.6) is 0 Å². The van der Waals surface area contributed by atoms with Crippen molar-refractivity contribution in [1.29, 1.82) is 0 Å². The summed E-state index contributed by atoms with van der Waals surface area (Å²) in [6.45, 7) is 11.2. The second kappa shape index (κ2) is 7.39. The molecule has 0 N–H and O–H groups in total. The predicted octanol–water partition coefficient (Wildman–Crippen LogP) is 3.91. The molecule has 0 saturated carbocycles. The van der Waals surface area contributed by atoms with Gasteiger partial charge in [-0.15, -0.1) is 0 Å². The molecule has 0 amide bonds. The fourth-order valence-electron chi connectivity index (χ4n) is 2.06. The van der Waals surface area contributed by atoms with Crippen LogP contribution in [0.4, 0.5) is 0 Å². The maximum absolute atomic E-state index is 5.75. The van der Waals surface area contributed by atoms with E-state index in [1.165, 1.54) is 30.8 Å². The van der Waals surface area contributed by atoms with Gasteiger partial charge in [0.05, 0.1) is 0 Å². The van der Waals surface area contributed by atoms with E-state index in [0.29, 0.717) is 0 Å². The monoisotopic (exact) mass is 254 g/mol. The maximum Gasteiger partial charge on any atom is 0.488 e. The van der Waals surface area contributed by atoms with Gasteiger partial charge >= 0.3 is 7.12 Å². The lowest BCUT2D eigenvalue weighted by Crippen LogP contribution is -2.35. The third-order valence-corrected chi connectivity index (χ3v) is 4.30. The Kier molecular flexibility index (Phi) is 6.52. The Labute approximate surface area is 108 Å².